The predicted molar refractivity (Wildman–Crippen MR) is 15.3 cm³/mol. The summed E-state index contributed by atoms with van der Waals surface area (Å²) in [4.78, 5) is 0. The fraction of sp³-hybridized carbons (Fsp3) is 0. The third-order valence-electron chi connectivity index (χ3n) is 0. The average Bonchev–Trinajstić information content (AvgIpc) is 0.722. The predicted octanol–water partition coefficient (Wildman–Crippen LogP) is -3.54. The van der Waals surface area contributed by atoms with E-state index in [4.69, 9.17) is 17.5 Å². The summed E-state index contributed by atoms with van der Waals surface area (Å²) in [6.07, 6.45) is 0. The molecule has 0 unspecified atom stereocenters. The molecule has 44 valence electrons. The van der Waals surface area contributed by atoms with Crippen LogP contribution in [-0.2, 0) is 30.8 Å². The Labute approximate surface area is 78.7 Å². The van der Waals surface area contributed by atoms with Gasteiger partial charge in [-0.2, -0.15) is 8.42 Å². The standard InChI is InChI=1S/Na.H2O4S.Pd.H/c;1-5(2,3)4;;/h;(H2,1,2,3,4);;/q+1;;;-1. The maximum Gasteiger partial charge on any atom is 1.00 e. The second-order valence-corrected chi connectivity index (χ2v) is 1.34. The van der Waals surface area contributed by atoms with Gasteiger partial charge in [0.1, 0.15) is 0 Å². The number of rotatable bonds is 0. The van der Waals surface area contributed by atoms with Crippen molar-refractivity contribution in [3.63, 3.8) is 0 Å². The van der Waals surface area contributed by atoms with Crippen LogP contribution in [0.15, 0.2) is 0 Å². The van der Waals surface area contributed by atoms with Gasteiger partial charge in [0.15, 0.2) is 0 Å². The van der Waals surface area contributed by atoms with E-state index in [9.17, 15) is 0 Å². The van der Waals surface area contributed by atoms with Gasteiger partial charge in [-0.15, -0.1) is 0 Å². The fourth-order valence-corrected chi connectivity index (χ4v) is 0. The van der Waals surface area contributed by atoms with E-state index < -0.39 is 10.4 Å². The molecule has 0 amide bonds. The van der Waals surface area contributed by atoms with Gasteiger partial charge in [0.05, 0.1) is 0 Å². The fourth-order valence-electron chi connectivity index (χ4n) is 0. The SMILES string of the molecule is O=S(=O)(O)O.[H-].[Na+].[Pd]. The molecule has 0 bridgehead atoms. The molecule has 0 saturated carbocycles. The van der Waals surface area contributed by atoms with Gasteiger partial charge in [0.2, 0.25) is 0 Å². The van der Waals surface area contributed by atoms with E-state index in [1.54, 1.807) is 0 Å². The first-order chi connectivity index (χ1) is 2.00. The summed E-state index contributed by atoms with van der Waals surface area (Å²) in [5.74, 6) is 0. The van der Waals surface area contributed by atoms with Gasteiger partial charge in [-0.05, 0) is 0 Å². The number of hydrogen-bond donors (Lipinski definition) is 2. The Morgan fingerprint density at radius 1 is 1.29 bits per heavy atom. The summed E-state index contributed by atoms with van der Waals surface area (Å²) in [6, 6.07) is 0. The van der Waals surface area contributed by atoms with E-state index in [1.807, 2.05) is 0 Å². The zero-order valence-corrected chi connectivity index (χ0v) is 7.81. The smallest absolute Gasteiger partial charge is 1.00 e. The molecule has 4 nitrogen and oxygen atoms in total. The summed E-state index contributed by atoms with van der Waals surface area (Å²) in [5, 5.41) is 0. The van der Waals surface area contributed by atoms with E-state index in [0.29, 0.717) is 0 Å². The molecule has 0 aliphatic carbocycles. The van der Waals surface area contributed by atoms with Crippen LogP contribution in [0.1, 0.15) is 1.43 Å². The normalized spacial score (nSPS) is 8.29. The van der Waals surface area contributed by atoms with Crippen LogP contribution in [0.2, 0.25) is 0 Å². The first-order valence-electron chi connectivity index (χ1n) is 0.698. The van der Waals surface area contributed by atoms with Crippen LogP contribution >= 0.6 is 0 Å². The minimum absolute atomic E-state index is 0. The third-order valence-corrected chi connectivity index (χ3v) is 0. The molecule has 0 rings (SSSR count). The molecule has 0 aromatic carbocycles. The van der Waals surface area contributed by atoms with Gasteiger partial charge >= 0.3 is 40.0 Å². The quantitative estimate of drug-likeness (QED) is 0.333. The summed E-state index contributed by atoms with van der Waals surface area (Å²) in [7, 11) is -4.67. The molecule has 0 radical (unpaired) electrons. The molecule has 7 heavy (non-hydrogen) atoms. The summed E-state index contributed by atoms with van der Waals surface area (Å²) in [5.41, 5.74) is 0. The van der Waals surface area contributed by atoms with Crippen LogP contribution < -0.4 is 29.6 Å². The molecule has 0 aromatic heterocycles. The molecule has 0 saturated heterocycles. The number of hydrogen-bond acceptors (Lipinski definition) is 2. The first kappa shape index (κ1) is 15.8. The maximum atomic E-state index is 8.74. The minimum Gasteiger partial charge on any atom is -1.00 e. The van der Waals surface area contributed by atoms with Gasteiger partial charge in [-0.1, -0.05) is 0 Å². The Bertz CT molecular complexity index is 99.2. The Hall–Kier alpha value is 1.53. The molecular weight excluding hydrogens is 225 g/mol. The molecule has 0 fully saturated rings. The monoisotopic (exact) mass is 228 g/mol. The second kappa shape index (κ2) is 5.67. The Morgan fingerprint density at radius 3 is 1.29 bits per heavy atom. The van der Waals surface area contributed by atoms with Crippen molar-refractivity contribution in [3.05, 3.63) is 0 Å². The molecule has 0 aromatic rings. The minimum atomic E-state index is -4.67. The molecule has 7 heteroatoms. The van der Waals surface area contributed by atoms with E-state index in [2.05, 4.69) is 0 Å². The maximum absolute atomic E-state index is 8.74. The molecule has 0 aliphatic rings. The summed E-state index contributed by atoms with van der Waals surface area (Å²) in [6.45, 7) is 0. The summed E-state index contributed by atoms with van der Waals surface area (Å²) >= 11 is 0. The molecule has 0 heterocycles. The van der Waals surface area contributed by atoms with Crippen molar-refractivity contribution in [2.45, 2.75) is 0 Å². The van der Waals surface area contributed by atoms with Crippen LogP contribution in [0.3, 0.4) is 0 Å². The van der Waals surface area contributed by atoms with Crippen molar-refractivity contribution in [1.29, 1.82) is 0 Å². The Morgan fingerprint density at radius 2 is 1.29 bits per heavy atom. The topological polar surface area (TPSA) is 74.6 Å². The zero-order chi connectivity index (χ0) is 4.50. The average molecular weight is 228 g/mol. The second-order valence-electron chi connectivity index (χ2n) is 0.448. The van der Waals surface area contributed by atoms with Gasteiger partial charge in [0, 0.05) is 20.4 Å². The van der Waals surface area contributed by atoms with Crippen molar-refractivity contribution >= 4 is 10.4 Å². The molecule has 0 atom stereocenters. The Balaban J connectivity index is -0.0000000267. The van der Waals surface area contributed by atoms with Crippen molar-refractivity contribution < 1.29 is 68.9 Å². The van der Waals surface area contributed by atoms with Gasteiger partial charge < -0.3 is 1.43 Å². The molecule has 0 spiro atoms. The third kappa shape index (κ3) is 98.2. The van der Waals surface area contributed by atoms with Crippen LogP contribution in [-0.4, -0.2) is 17.5 Å². The van der Waals surface area contributed by atoms with Crippen LogP contribution in [0.25, 0.3) is 0 Å². The van der Waals surface area contributed by atoms with E-state index >= 15 is 0 Å². The Kier molecular flexibility index (Phi) is 12.8. The van der Waals surface area contributed by atoms with Crippen molar-refractivity contribution in [2.24, 2.45) is 0 Å². The van der Waals surface area contributed by atoms with Gasteiger partial charge in [-0.3, -0.25) is 9.11 Å². The van der Waals surface area contributed by atoms with Crippen molar-refractivity contribution in [1.82, 2.24) is 0 Å². The van der Waals surface area contributed by atoms with Gasteiger partial charge in [0.25, 0.3) is 0 Å². The largest absolute Gasteiger partial charge is 1.00 e. The zero-order valence-electron chi connectivity index (χ0n) is 4.44. The van der Waals surface area contributed by atoms with Crippen molar-refractivity contribution in [2.75, 3.05) is 0 Å². The molecule has 0 aliphatic heterocycles. The van der Waals surface area contributed by atoms with Crippen LogP contribution in [0.5, 0.6) is 0 Å². The van der Waals surface area contributed by atoms with Crippen LogP contribution in [0.4, 0.5) is 0 Å². The van der Waals surface area contributed by atoms with Gasteiger partial charge in [-0.25, -0.2) is 0 Å². The van der Waals surface area contributed by atoms with E-state index in [-0.39, 0.29) is 51.4 Å². The molecule has 2 N–H and O–H groups in total. The van der Waals surface area contributed by atoms with Crippen molar-refractivity contribution in [3.8, 4) is 0 Å². The van der Waals surface area contributed by atoms with E-state index in [0.717, 1.165) is 0 Å². The van der Waals surface area contributed by atoms with E-state index in [1.165, 1.54) is 0 Å². The summed E-state index contributed by atoms with van der Waals surface area (Å²) < 4.78 is 31.6. The van der Waals surface area contributed by atoms with Crippen LogP contribution in [0, 0.1) is 0 Å². The first-order valence-corrected chi connectivity index (χ1v) is 2.10. The molecular formula is H3NaO4PdS.